The molecule has 3 rings (SSSR count). The topological polar surface area (TPSA) is 69.7 Å². The lowest BCUT2D eigenvalue weighted by atomic mass is 9.91. The second-order valence-corrected chi connectivity index (χ2v) is 7.30. The molecule has 2 fully saturated rings. The van der Waals surface area contributed by atoms with E-state index in [0.717, 1.165) is 19.3 Å². The third-order valence-electron chi connectivity index (χ3n) is 5.35. The molecule has 0 unspecified atom stereocenters. The van der Waals surface area contributed by atoms with Gasteiger partial charge in [0.2, 0.25) is 0 Å². The first kappa shape index (κ1) is 19.3. The predicted molar refractivity (Wildman–Crippen MR) is 100 cm³/mol. The third-order valence-corrected chi connectivity index (χ3v) is 5.35. The minimum Gasteiger partial charge on any atom is -0.462 e. The molecule has 1 saturated heterocycles. The summed E-state index contributed by atoms with van der Waals surface area (Å²) in [5.74, 6) is -0.745. The van der Waals surface area contributed by atoms with Gasteiger partial charge in [0.1, 0.15) is 12.2 Å². The highest BCUT2D eigenvalue weighted by Crippen LogP contribution is 2.43. The average Bonchev–Trinajstić information content (AvgIpc) is 3.16. The Morgan fingerprint density at radius 2 is 2.00 bits per heavy atom. The maximum Gasteiger partial charge on any atom is 0.338 e. The predicted octanol–water partition coefficient (Wildman–Crippen LogP) is 3.87. The second-order valence-electron chi connectivity index (χ2n) is 7.30. The lowest BCUT2D eigenvalue weighted by Crippen LogP contribution is -2.24. The van der Waals surface area contributed by atoms with Gasteiger partial charge in [-0.3, -0.25) is 9.59 Å². The van der Waals surface area contributed by atoms with Crippen molar-refractivity contribution in [1.29, 1.82) is 0 Å². The van der Waals surface area contributed by atoms with E-state index in [9.17, 15) is 14.4 Å². The van der Waals surface area contributed by atoms with Crippen molar-refractivity contribution < 1.29 is 23.9 Å². The number of carbonyl (C=O) groups excluding carboxylic acids is 3. The van der Waals surface area contributed by atoms with Gasteiger partial charge < -0.3 is 9.47 Å². The fourth-order valence-electron chi connectivity index (χ4n) is 3.92. The number of esters is 2. The van der Waals surface area contributed by atoms with Crippen LogP contribution in [0.5, 0.6) is 0 Å². The van der Waals surface area contributed by atoms with Crippen molar-refractivity contribution in [2.45, 2.75) is 57.7 Å². The van der Waals surface area contributed by atoms with Crippen LogP contribution in [-0.2, 0) is 19.1 Å². The monoisotopic (exact) mass is 370 g/mol. The van der Waals surface area contributed by atoms with Gasteiger partial charge >= 0.3 is 11.9 Å². The zero-order valence-electron chi connectivity index (χ0n) is 15.6. The van der Waals surface area contributed by atoms with Gasteiger partial charge in [0.15, 0.2) is 5.78 Å². The maximum atomic E-state index is 12.4. The summed E-state index contributed by atoms with van der Waals surface area (Å²) in [5.41, 5.74) is 0.491. The fourth-order valence-corrected chi connectivity index (χ4v) is 3.92. The van der Waals surface area contributed by atoms with E-state index in [0.29, 0.717) is 24.8 Å². The largest absolute Gasteiger partial charge is 0.462 e. The normalized spacial score (nSPS) is 26.8. The lowest BCUT2D eigenvalue weighted by molar-refractivity contribution is -0.141. The molecular formula is C22H26O5. The zero-order valence-corrected chi connectivity index (χ0v) is 15.6. The summed E-state index contributed by atoms with van der Waals surface area (Å²) in [7, 11) is 0. The van der Waals surface area contributed by atoms with Crippen LogP contribution >= 0.6 is 0 Å². The Morgan fingerprint density at radius 3 is 2.74 bits per heavy atom. The first-order valence-corrected chi connectivity index (χ1v) is 9.75. The van der Waals surface area contributed by atoms with Crippen molar-refractivity contribution in [3.63, 3.8) is 0 Å². The van der Waals surface area contributed by atoms with Crippen molar-refractivity contribution in [2.24, 2.45) is 11.8 Å². The van der Waals surface area contributed by atoms with E-state index in [1.807, 2.05) is 12.1 Å². The molecule has 1 saturated carbocycles. The number of carbonyl (C=O) groups is 3. The Morgan fingerprint density at radius 1 is 1.22 bits per heavy atom. The molecule has 27 heavy (non-hydrogen) atoms. The molecule has 1 aromatic rings. The van der Waals surface area contributed by atoms with Gasteiger partial charge in [0, 0.05) is 24.7 Å². The summed E-state index contributed by atoms with van der Waals surface area (Å²) in [6, 6.07) is 8.83. The van der Waals surface area contributed by atoms with Crippen LogP contribution in [0.3, 0.4) is 0 Å². The summed E-state index contributed by atoms with van der Waals surface area (Å²) in [6.45, 7) is 2.10. The maximum absolute atomic E-state index is 12.4. The molecule has 0 aromatic heterocycles. The summed E-state index contributed by atoms with van der Waals surface area (Å²) >= 11 is 0. The van der Waals surface area contributed by atoms with Crippen LogP contribution < -0.4 is 0 Å². The quantitative estimate of drug-likeness (QED) is 0.395. The van der Waals surface area contributed by atoms with Crippen LogP contribution in [-0.4, -0.2) is 29.9 Å². The molecule has 1 aliphatic carbocycles. The molecule has 1 heterocycles. The van der Waals surface area contributed by atoms with Crippen molar-refractivity contribution in [1.82, 2.24) is 0 Å². The minimum atomic E-state index is -0.389. The van der Waals surface area contributed by atoms with E-state index >= 15 is 0 Å². The van der Waals surface area contributed by atoms with E-state index in [2.05, 4.69) is 6.92 Å². The van der Waals surface area contributed by atoms with Crippen molar-refractivity contribution >= 4 is 17.7 Å². The molecule has 0 amide bonds. The van der Waals surface area contributed by atoms with Crippen LogP contribution in [0.1, 0.15) is 55.8 Å². The molecule has 144 valence electrons. The Balaban J connectivity index is 1.67. The van der Waals surface area contributed by atoms with E-state index < -0.39 is 0 Å². The highest BCUT2D eigenvalue weighted by atomic mass is 16.6. The average molecular weight is 370 g/mol. The van der Waals surface area contributed by atoms with Gasteiger partial charge in [0.05, 0.1) is 12.0 Å². The SMILES string of the molecule is CCCCCC(=O)C=C[C@@H]1[C@@H]2CC(=O)O[C@@H]2C[C@H]1OC(=O)c1ccccc1. The zero-order chi connectivity index (χ0) is 19.2. The van der Waals surface area contributed by atoms with Gasteiger partial charge in [-0.2, -0.15) is 0 Å². The molecule has 0 radical (unpaired) electrons. The standard InChI is InChI=1S/C22H26O5/c1-2-3-5-10-16(23)11-12-17-18-13-21(24)26-20(18)14-19(17)27-22(25)15-8-6-4-7-9-15/h4,6-9,11-12,17-20H,2-3,5,10,13-14H2,1H3/t17-,18+,19-,20-/m1/s1. The van der Waals surface area contributed by atoms with E-state index in [1.165, 1.54) is 0 Å². The van der Waals surface area contributed by atoms with Gasteiger partial charge in [-0.15, -0.1) is 0 Å². The highest BCUT2D eigenvalue weighted by Gasteiger charge is 2.50. The molecule has 1 aliphatic heterocycles. The third kappa shape index (κ3) is 4.85. The van der Waals surface area contributed by atoms with Crippen LogP contribution in [0.2, 0.25) is 0 Å². The molecule has 5 heteroatoms. The molecule has 1 aromatic carbocycles. The van der Waals surface area contributed by atoms with Crippen molar-refractivity contribution in [3.05, 3.63) is 48.0 Å². The van der Waals surface area contributed by atoms with E-state index in [-0.39, 0.29) is 41.8 Å². The Bertz CT molecular complexity index is 709. The number of hydrogen-bond acceptors (Lipinski definition) is 5. The van der Waals surface area contributed by atoms with E-state index in [4.69, 9.17) is 9.47 Å². The molecule has 0 bridgehead atoms. The number of ketones is 1. The number of unbranched alkanes of at least 4 members (excludes halogenated alkanes) is 2. The number of fused-ring (bicyclic) bond motifs is 1. The van der Waals surface area contributed by atoms with Gasteiger partial charge in [-0.05, 0) is 24.6 Å². The van der Waals surface area contributed by atoms with Crippen LogP contribution in [0.4, 0.5) is 0 Å². The minimum absolute atomic E-state index is 0.0363. The summed E-state index contributed by atoms with van der Waals surface area (Å²) in [6.07, 6.45) is 7.08. The molecule has 5 nitrogen and oxygen atoms in total. The van der Waals surface area contributed by atoms with E-state index in [1.54, 1.807) is 30.3 Å². The number of allylic oxidation sites excluding steroid dienone is 1. The second kappa shape index (κ2) is 8.98. The number of rotatable bonds is 8. The lowest BCUT2D eigenvalue weighted by Gasteiger charge is -2.20. The van der Waals surface area contributed by atoms with Gasteiger partial charge in [-0.25, -0.2) is 4.79 Å². The van der Waals surface area contributed by atoms with Crippen molar-refractivity contribution in [3.8, 4) is 0 Å². The molecular weight excluding hydrogens is 344 g/mol. The number of benzene rings is 1. The number of ether oxygens (including phenoxy) is 2. The Labute approximate surface area is 159 Å². The van der Waals surface area contributed by atoms with Gasteiger partial charge in [-0.1, -0.05) is 44.0 Å². The Hall–Kier alpha value is -2.43. The number of hydrogen-bond donors (Lipinski definition) is 0. The highest BCUT2D eigenvalue weighted by molar-refractivity contribution is 5.90. The molecule has 0 spiro atoms. The smallest absolute Gasteiger partial charge is 0.338 e. The summed E-state index contributed by atoms with van der Waals surface area (Å²) < 4.78 is 11.1. The molecule has 2 aliphatic rings. The van der Waals surface area contributed by atoms with Crippen molar-refractivity contribution in [2.75, 3.05) is 0 Å². The van der Waals surface area contributed by atoms with Crippen LogP contribution in [0.25, 0.3) is 0 Å². The Kier molecular flexibility index (Phi) is 6.43. The molecule has 0 N–H and O–H groups in total. The van der Waals surface area contributed by atoms with Crippen LogP contribution in [0, 0.1) is 11.8 Å². The first-order valence-electron chi connectivity index (χ1n) is 9.75. The summed E-state index contributed by atoms with van der Waals surface area (Å²) in [5, 5.41) is 0. The fraction of sp³-hybridized carbons (Fsp3) is 0.500. The summed E-state index contributed by atoms with van der Waals surface area (Å²) in [4.78, 5) is 36.2. The molecule has 4 atom stereocenters. The first-order chi connectivity index (χ1) is 13.1. The van der Waals surface area contributed by atoms with Gasteiger partial charge in [0.25, 0.3) is 0 Å². The van der Waals surface area contributed by atoms with Crippen LogP contribution in [0.15, 0.2) is 42.5 Å².